The molecule has 2 fully saturated rings. The summed E-state index contributed by atoms with van der Waals surface area (Å²) in [6, 6.07) is 16.1. The quantitative estimate of drug-likeness (QED) is 0.595. The van der Waals surface area contributed by atoms with Gasteiger partial charge in [0.1, 0.15) is 5.75 Å². The van der Waals surface area contributed by atoms with Crippen molar-refractivity contribution in [2.45, 2.75) is 58.3 Å². The highest BCUT2D eigenvalue weighted by molar-refractivity contribution is 6.01. The van der Waals surface area contributed by atoms with Crippen LogP contribution >= 0.6 is 0 Å². The van der Waals surface area contributed by atoms with Crippen molar-refractivity contribution in [3.63, 3.8) is 0 Å². The van der Waals surface area contributed by atoms with Crippen molar-refractivity contribution in [3.05, 3.63) is 70.8 Å². The average molecular weight is 418 g/mol. The van der Waals surface area contributed by atoms with Crippen LogP contribution in [0, 0.1) is 12.8 Å². The maximum absolute atomic E-state index is 12.0. The highest BCUT2D eigenvalue weighted by Gasteiger charge is 2.29. The third-order valence-electron chi connectivity index (χ3n) is 6.65. The summed E-state index contributed by atoms with van der Waals surface area (Å²) < 4.78 is 0. The number of aromatic hydroxyl groups is 1. The first kappa shape index (κ1) is 21.4. The molecular formula is C27H31NO3. The molecule has 4 rings (SSSR count). The lowest BCUT2D eigenvalue weighted by molar-refractivity contribution is -0.138. The second-order valence-corrected chi connectivity index (χ2v) is 8.84. The molecule has 162 valence electrons. The van der Waals surface area contributed by atoms with Crippen LogP contribution in [0.3, 0.4) is 0 Å². The normalized spacial score (nSPS) is 18.0. The van der Waals surface area contributed by atoms with Crippen LogP contribution < -0.4 is 0 Å². The Morgan fingerprint density at radius 1 is 0.903 bits per heavy atom. The van der Waals surface area contributed by atoms with Crippen LogP contribution in [0.5, 0.6) is 5.75 Å². The van der Waals surface area contributed by atoms with Gasteiger partial charge in [-0.25, -0.2) is 0 Å². The van der Waals surface area contributed by atoms with Gasteiger partial charge >= 0.3 is 0 Å². The molecule has 1 heterocycles. The topological polar surface area (TPSA) is 57.6 Å². The van der Waals surface area contributed by atoms with E-state index in [9.17, 15) is 14.7 Å². The molecule has 1 N–H and O–H groups in total. The molecule has 1 saturated carbocycles. The molecule has 0 bridgehead atoms. The number of carbonyl (C=O) groups excluding carboxylic acids is 2. The first-order valence-electron chi connectivity index (χ1n) is 11.5. The monoisotopic (exact) mass is 417 g/mol. The molecule has 0 radical (unpaired) electrons. The van der Waals surface area contributed by atoms with Crippen molar-refractivity contribution in [3.8, 4) is 5.75 Å². The number of imide groups is 1. The maximum Gasteiger partial charge on any atom is 0.229 e. The Morgan fingerprint density at radius 3 is 2.03 bits per heavy atom. The third-order valence-corrected chi connectivity index (χ3v) is 6.65. The van der Waals surface area contributed by atoms with Gasteiger partial charge in [-0.1, -0.05) is 60.4 Å². The summed E-state index contributed by atoms with van der Waals surface area (Å²) in [4.78, 5) is 25.5. The molecule has 0 atom stereocenters. The lowest BCUT2D eigenvalue weighted by Gasteiger charge is -2.23. The van der Waals surface area contributed by atoms with Crippen LogP contribution in [0.25, 0.3) is 5.57 Å². The molecule has 1 aliphatic heterocycles. The highest BCUT2D eigenvalue weighted by atomic mass is 16.3. The van der Waals surface area contributed by atoms with Crippen LogP contribution in [-0.4, -0.2) is 28.4 Å². The summed E-state index contributed by atoms with van der Waals surface area (Å²) in [5.41, 5.74) is 6.18. The molecule has 2 aliphatic rings. The lowest BCUT2D eigenvalue weighted by Crippen LogP contribution is -2.30. The second-order valence-electron chi connectivity index (χ2n) is 8.84. The minimum absolute atomic E-state index is 0.0336. The molecule has 2 aromatic rings. The van der Waals surface area contributed by atoms with E-state index in [1.54, 1.807) is 12.1 Å². The molecule has 4 heteroatoms. The van der Waals surface area contributed by atoms with E-state index < -0.39 is 0 Å². The van der Waals surface area contributed by atoms with E-state index in [-0.39, 0.29) is 17.6 Å². The summed E-state index contributed by atoms with van der Waals surface area (Å²) >= 11 is 0. The fraction of sp³-hybridized carbons (Fsp3) is 0.407. The van der Waals surface area contributed by atoms with Crippen molar-refractivity contribution in [2.75, 3.05) is 6.54 Å². The van der Waals surface area contributed by atoms with E-state index in [2.05, 4.69) is 31.2 Å². The summed E-state index contributed by atoms with van der Waals surface area (Å²) in [7, 11) is 0. The number of phenols is 1. The molecule has 2 aromatic carbocycles. The second kappa shape index (κ2) is 9.51. The van der Waals surface area contributed by atoms with E-state index in [1.165, 1.54) is 52.9 Å². The number of benzene rings is 2. The van der Waals surface area contributed by atoms with Crippen LogP contribution in [0.2, 0.25) is 0 Å². The minimum atomic E-state index is -0.0336. The predicted octanol–water partition coefficient (Wildman–Crippen LogP) is 5.62. The van der Waals surface area contributed by atoms with Gasteiger partial charge in [0, 0.05) is 19.4 Å². The molecule has 1 saturated heterocycles. The maximum atomic E-state index is 12.0. The standard InChI is InChI=1S/C27H31NO3/c1-19-8-10-21(11-9-19)27(22-12-14-23(29)15-13-22)24(20-5-2-3-6-20)7-4-18-28-25(30)16-17-26(28)31/h8-15,20,29H,2-7,16-18H2,1H3/b27-24+. The minimum Gasteiger partial charge on any atom is -0.508 e. The molecule has 1 aliphatic carbocycles. The summed E-state index contributed by atoms with van der Waals surface area (Å²) in [6.45, 7) is 2.60. The van der Waals surface area contributed by atoms with Gasteiger partial charge in [0.25, 0.3) is 0 Å². The van der Waals surface area contributed by atoms with E-state index >= 15 is 0 Å². The smallest absolute Gasteiger partial charge is 0.229 e. The zero-order valence-corrected chi connectivity index (χ0v) is 18.3. The predicted molar refractivity (Wildman–Crippen MR) is 122 cm³/mol. The van der Waals surface area contributed by atoms with Crippen LogP contribution in [-0.2, 0) is 9.59 Å². The van der Waals surface area contributed by atoms with E-state index in [4.69, 9.17) is 0 Å². The number of rotatable bonds is 7. The van der Waals surface area contributed by atoms with Crippen LogP contribution in [0.1, 0.15) is 68.1 Å². The van der Waals surface area contributed by atoms with Gasteiger partial charge < -0.3 is 5.11 Å². The Hall–Kier alpha value is -2.88. The summed E-state index contributed by atoms with van der Waals surface area (Å²) in [5, 5.41) is 9.82. The number of carbonyl (C=O) groups is 2. The van der Waals surface area contributed by atoms with Gasteiger partial charge in [0.2, 0.25) is 11.8 Å². The Labute approximate surface area is 184 Å². The number of phenolic OH excluding ortho intramolecular Hbond substituents is 1. The van der Waals surface area contributed by atoms with E-state index in [0.29, 0.717) is 25.3 Å². The summed E-state index contributed by atoms with van der Waals surface area (Å²) in [6.07, 6.45) is 7.22. The van der Waals surface area contributed by atoms with Crippen molar-refractivity contribution in [1.82, 2.24) is 4.90 Å². The largest absolute Gasteiger partial charge is 0.508 e. The molecule has 0 spiro atoms. The van der Waals surface area contributed by atoms with Gasteiger partial charge in [-0.05, 0) is 67.4 Å². The zero-order valence-electron chi connectivity index (χ0n) is 18.3. The lowest BCUT2D eigenvalue weighted by atomic mass is 9.83. The van der Waals surface area contributed by atoms with Gasteiger partial charge in [-0.15, -0.1) is 0 Å². The number of likely N-dealkylation sites (tertiary alicyclic amines) is 1. The van der Waals surface area contributed by atoms with Gasteiger partial charge in [0.05, 0.1) is 0 Å². The fourth-order valence-electron chi connectivity index (χ4n) is 4.99. The molecule has 31 heavy (non-hydrogen) atoms. The molecule has 0 unspecified atom stereocenters. The van der Waals surface area contributed by atoms with E-state index in [0.717, 1.165) is 18.4 Å². The average Bonchev–Trinajstić information content (AvgIpc) is 3.41. The van der Waals surface area contributed by atoms with Crippen molar-refractivity contribution < 1.29 is 14.7 Å². The highest BCUT2D eigenvalue weighted by Crippen LogP contribution is 2.40. The van der Waals surface area contributed by atoms with Gasteiger partial charge in [-0.3, -0.25) is 14.5 Å². The van der Waals surface area contributed by atoms with Crippen molar-refractivity contribution in [2.24, 2.45) is 5.92 Å². The SMILES string of the molecule is Cc1ccc(/C(=C(/CCCN2C(=O)CCC2=O)C2CCCC2)c2ccc(O)cc2)cc1. The van der Waals surface area contributed by atoms with Crippen molar-refractivity contribution in [1.29, 1.82) is 0 Å². The number of hydrogen-bond donors (Lipinski definition) is 1. The number of hydrogen-bond acceptors (Lipinski definition) is 3. The Bertz CT molecular complexity index is 903. The Kier molecular flexibility index (Phi) is 6.55. The van der Waals surface area contributed by atoms with Crippen molar-refractivity contribution >= 4 is 17.4 Å². The Balaban J connectivity index is 1.70. The van der Waals surface area contributed by atoms with Gasteiger partial charge in [-0.2, -0.15) is 0 Å². The summed E-state index contributed by atoms with van der Waals surface area (Å²) in [5.74, 6) is 0.720. The third kappa shape index (κ3) is 4.90. The number of nitrogens with zero attached hydrogens (tertiary/aromatic N) is 1. The van der Waals surface area contributed by atoms with Crippen LogP contribution in [0.15, 0.2) is 54.1 Å². The number of allylic oxidation sites excluding steroid dienone is 1. The molecule has 4 nitrogen and oxygen atoms in total. The molecule has 0 aromatic heterocycles. The number of amides is 2. The molecular weight excluding hydrogens is 386 g/mol. The zero-order chi connectivity index (χ0) is 21.8. The fourth-order valence-corrected chi connectivity index (χ4v) is 4.99. The first-order valence-corrected chi connectivity index (χ1v) is 11.5. The Morgan fingerprint density at radius 2 is 1.45 bits per heavy atom. The van der Waals surface area contributed by atoms with Gasteiger partial charge in [0.15, 0.2) is 0 Å². The number of aryl methyl sites for hydroxylation is 1. The first-order chi connectivity index (χ1) is 15.0. The van der Waals surface area contributed by atoms with Crippen LogP contribution in [0.4, 0.5) is 0 Å². The molecule has 2 amide bonds. The van der Waals surface area contributed by atoms with E-state index in [1.807, 2.05) is 12.1 Å².